The zero-order valence-electron chi connectivity index (χ0n) is 11.0. The molecule has 0 aliphatic carbocycles. The van der Waals surface area contributed by atoms with Crippen molar-refractivity contribution < 1.29 is 13.5 Å². The molecule has 0 bridgehead atoms. The lowest BCUT2D eigenvalue weighted by Gasteiger charge is -2.09. The van der Waals surface area contributed by atoms with Crippen molar-refractivity contribution in [1.29, 1.82) is 0 Å². The molecule has 1 heterocycles. The van der Waals surface area contributed by atoms with Gasteiger partial charge in [-0.3, -0.25) is 5.10 Å². The Morgan fingerprint density at radius 2 is 2.15 bits per heavy atom. The van der Waals surface area contributed by atoms with Gasteiger partial charge in [0.2, 0.25) is 10.0 Å². The standard InChI is InChI=1S/C12H16N4O3S/c1-2-9-3-4-11(5-10(9)7-17)20(18,19)15-6-12-13-8-14-16-12/h3-5,8,15,17H,2,6-7H2,1H3,(H,13,14,16). The Morgan fingerprint density at radius 1 is 1.35 bits per heavy atom. The summed E-state index contributed by atoms with van der Waals surface area (Å²) in [5, 5.41) is 15.5. The van der Waals surface area contributed by atoms with Crippen LogP contribution in [0.3, 0.4) is 0 Å². The Balaban J connectivity index is 2.20. The van der Waals surface area contributed by atoms with Gasteiger partial charge in [0.1, 0.15) is 12.2 Å². The molecule has 20 heavy (non-hydrogen) atoms. The molecule has 0 atom stereocenters. The minimum Gasteiger partial charge on any atom is -0.392 e. The average Bonchev–Trinajstić information content (AvgIpc) is 2.97. The zero-order chi connectivity index (χ0) is 14.6. The van der Waals surface area contributed by atoms with Crippen LogP contribution < -0.4 is 4.72 Å². The number of sulfonamides is 1. The first-order valence-corrected chi connectivity index (χ1v) is 7.61. The maximum Gasteiger partial charge on any atom is 0.240 e. The number of aromatic nitrogens is 3. The van der Waals surface area contributed by atoms with Crippen molar-refractivity contribution in [3.63, 3.8) is 0 Å². The SMILES string of the molecule is CCc1ccc(S(=O)(=O)NCc2ncn[nH]2)cc1CO. The molecule has 0 aliphatic heterocycles. The highest BCUT2D eigenvalue weighted by Gasteiger charge is 2.16. The van der Waals surface area contributed by atoms with Crippen LogP contribution in [0, 0.1) is 0 Å². The Labute approximate surface area is 117 Å². The van der Waals surface area contributed by atoms with Gasteiger partial charge in [-0.15, -0.1) is 0 Å². The van der Waals surface area contributed by atoms with Gasteiger partial charge in [-0.2, -0.15) is 5.10 Å². The second-order valence-electron chi connectivity index (χ2n) is 4.20. The van der Waals surface area contributed by atoms with E-state index in [0.717, 1.165) is 12.0 Å². The average molecular weight is 296 g/mol. The van der Waals surface area contributed by atoms with Crippen molar-refractivity contribution in [2.24, 2.45) is 0 Å². The summed E-state index contributed by atoms with van der Waals surface area (Å²) in [4.78, 5) is 3.96. The largest absolute Gasteiger partial charge is 0.392 e. The third kappa shape index (κ3) is 3.21. The maximum absolute atomic E-state index is 12.1. The molecule has 1 aromatic carbocycles. The van der Waals surface area contributed by atoms with Crippen LogP contribution in [0.4, 0.5) is 0 Å². The van der Waals surface area contributed by atoms with Crippen LogP contribution in [0.2, 0.25) is 0 Å². The molecule has 0 fully saturated rings. The minimum absolute atomic E-state index is 0.0340. The quantitative estimate of drug-likeness (QED) is 0.712. The molecule has 2 rings (SSSR count). The van der Waals surface area contributed by atoms with Gasteiger partial charge < -0.3 is 5.11 Å². The summed E-state index contributed by atoms with van der Waals surface area (Å²) < 4.78 is 26.7. The van der Waals surface area contributed by atoms with E-state index in [2.05, 4.69) is 19.9 Å². The van der Waals surface area contributed by atoms with Crippen LogP contribution in [0.25, 0.3) is 0 Å². The van der Waals surface area contributed by atoms with Crippen LogP contribution in [0.15, 0.2) is 29.4 Å². The zero-order valence-corrected chi connectivity index (χ0v) is 11.8. The summed E-state index contributed by atoms with van der Waals surface area (Å²) in [5.41, 5.74) is 1.55. The predicted octanol–water partition coefficient (Wildman–Crippen LogP) is 0.338. The Bertz CT molecular complexity index is 668. The lowest BCUT2D eigenvalue weighted by molar-refractivity contribution is 0.280. The summed E-state index contributed by atoms with van der Waals surface area (Å²) in [5.74, 6) is 0.432. The molecule has 0 spiro atoms. The van der Waals surface area contributed by atoms with Gasteiger partial charge in [0.15, 0.2) is 0 Å². The van der Waals surface area contributed by atoms with Gasteiger partial charge in [-0.1, -0.05) is 13.0 Å². The van der Waals surface area contributed by atoms with Gasteiger partial charge in [0.05, 0.1) is 18.0 Å². The number of benzene rings is 1. The highest BCUT2D eigenvalue weighted by molar-refractivity contribution is 7.89. The molecule has 8 heteroatoms. The Morgan fingerprint density at radius 3 is 2.75 bits per heavy atom. The molecule has 108 valence electrons. The van der Waals surface area contributed by atoms with Gasteiger partial charge >= 0.3 is 0 Å². The Hall–Kier alpha value is -1.77. The van der Waals surface area contributed by atoms with Crippen molar-refractivity contribution >= 4 is 10.0 Å². The van der Waals surface area contributed by atoms with Gasteiger partial charge in [-0.05, 0) is 29.7 Å². The fourth-order valence-corrected chi connectivity index (χ4v) is 2.86. The summed E-state index contributed by atoms with van der Waals surface area (Å²) in [6, 6.07) is 4.73. The number of aromatic amines is 1. The monoisotopic (exact) mass is 296 g/mol. The smallest absolute Gasteiger partial charge is 0.240 e. The van der Waals surface area contributed by atoms with E-state index >= 15 is 0 Å². The molecule has 2 aromatic rings. The second kappa shape index (κ2) is 6.12. The van der Waals surface area contributed by atoms with E-state index in [4.69, 9.17) is 0 Å². The molecule has 0 unspecified atom stereocenters. The molecule has 0 radical (unpaired) electrons. The fourth-order valence-electron chi connectivity index (χ4n) is 1.82. The van der Waals surface area contributed by atoms with Crippen LogP contribution in [-0.2, 0) is 29.6 Å². The van der Waals surface area contributed by atoms with E-state index in [1.807, 2.05) is 6.92 Å². The fraction of sp³-hybridized carbons (Fsp3) is 0.333. The molecule has 0 aliphatic rings. The first kappa shape index (κ1) is 14.6. The third-order valence-corrected chi connectivity index (χ3v) is 4.33. The topological polar surface area (TPSA) is 108 Å². The van der Waals surface area contributed by atoms with E-state index < -0.39 is 10.0 Å². The van der Waals surface area contributed by atoms with E-state index in [9.17, 15) is 13.5 Å². The highest BCUT2D eigenvalue weighted by atomic mass is 32.2. The van der Waals surface area contributed by atoms with Crippen LogP contribution in [-0.4, -0.2) is 28.7 Å². The first-order valence-electron chi connectivity index (χ1n) is 6.13. The normalized spacial score (nSPS) is 11.7. The molecule has 7 nitrogen and oxygen atoms in total. The first-order chi connectivity index (χ1) is 9.56. The predicted molar refractivity (Wildman–Crippen MR) is 72.2 cm³/mol. The number of rotatable bonds is 6. The van der Waals surface area contributed by atoms with Crippen molar-refractivity contribution in [3.05, 3.63) is 41.5 Å². The number of H-pyrrole nitrogens is 1. The molecular formula is C12H16N4O3S. The summed E-state index contributed by atoms with van der Waals surface area (Å²) in [6.45, 7) is 1.80. The number of aliphatic hydroxyl groups excluding tert-OH is 1. The lowest BCUT2D eigenvalue weighted by atomic mass is 10.1. The number of aliphatic hydroxyl groups is 1. The molecule has 0 saturated carbocycles. The van der Waals surface area contributed by atoms with E-state index in [1.165, 1.54) is 18.5 Å². The van der Waals surface area contributed by atoms with Crippen LogP contribution >= 0.6 is 0 Å². The molecular weight excluding hydrogens is 280 g/mol. The summed E-state index contributed by atoms with van der Waals surface area (Å²) in [6.07, 6.45) is 2.05. The number of hydrogen-bond donors (Lipinski definition) is 3. The van der Waals surface area contributed by atoms with Crippen molar-refractivity contribution in [3.8, 4) is 0 Å². The summed E-state index contributed by atoms with van der Waals surface area (Å²) >= 11 is 0. The van der Waals surface area contributed by atoms with E-state index in [-0.39, 0.29) is 18.0 Å². The molecule has 3 N–H and O–H groups in total. The van der Waals surface area contributed by atoms with E-state index in [0.29, 0.717) is 11.4 Å². The number of nitrogens with zero attached hydrogens (tertiary/aromatic N) is 2. The minimum atomic E-state index is -3.64. The number of hydrogen-bond acceptors (Lipinski definition) is 5. The molecule has 0 saturated heterocycles. The molecule has 1 aromatic heterocycles. The van der Waals surface area contributed by atoms with Crippen molar-refractivity contribution in [1.82, 2.24) is 19.9 Å². The maximum atomic E-state index is 12.1. The van der Waals surface area contributed by atoms with E-state index in [1.54, 1.807) is 6.07 Å². The summed E-state index contributed by atoms with van der Waals surface area (Å²) in [7, 11) is -3.64. The van der Waals surface area contributed by atoms with Crippen molar-refractivity contribution in [2.45, 2.75) is 31.4 Å². The molecule has 0 amide bonds. The number of aryl methyl sites for hydroxylation is 1. The second-order valence-corrected chi connectivity index (χ2v) is 5.97. The van der Waals surface area contributed by atoms with Crippen LogP contribution in [0.5, 0.6) is 0 Å². The lowest BCUT2D eigenvalue weighted by Crippen LogP contribution is -2.24. The highest BCUT2D eigenvalue weighted by Crippen LogP contribution is 2.17. The van der Waals surface area contributed by atoms with Crippen LogP contribution in [0.1, 0.15) is 23.9 Å². The van der Waals surface area contributed by atoms with Gasteiger partial charge in [-0.25, -0.2) is 18.1 Å². The van der Waals surface area contributed by atoms with Crippen molar-refractivity contribution in [2.75, 3.05) is 0 Å². The Kier molecular flexibility index (Phi) is 4.48. The van der Waals surface area contributed by atoms with Gasteiger partial charge in [0.25, 0.3) is 0 Å². The number of nitrogens with one attached hydrogen (secondary N) is 2. The third-order valence-electron chi connectivity index (χ3n) is 2.93. The van der Waals surface area contributed by atoms with Gasteiger partial charge in [0, 0.05) is 0 Å².